The van der Waals surface area contributed by atoms with Crippen molar-refractivity contribution in [3.63, 3.8) is 0 Å². The first-order valence-corrected chi connectivity index (χ1v) is 13.3. The number of likely N-dealkylation sites (tertiary alicyclic amines) is 1. The number of likely N-dealkylation sites (N-methyl/N-ethyl adjacent to an activating group) is 1. The number of halogens is 4. The van der Waals surface area contributed by atoms with Crippen LogP contribution in [0, 0.1) is 5.82 Å². The first-order chi connectivity index (χ1) is 19.6. The number of carbonyl (C=O) groups is 1. The summed E-state index contributed by atoms with van der Waals surface area (Å²) in [6.45, 7) is 2.16. The van der Waals surface area contributed by atoms with Crippen LogP contribution >= 0.6 is 0 Å². The normalized spacial score (nSPS) is 16.8. The van der Waals surface area contributed by atoms with Gasteiger partial charge in [0.1, 0.15) is 17.1 Å². The number of nitrogens with one attached hydrogen (secondary N) is 1. The van der Waals surface area contributed by atoms with Gasteiger partial charge in [0.15, 0.2) is 11.6 Å². The fraction of sp³-hybridized carbons (Fsp3) is 0.333. The number of rotatable bonds is 8. The van der Waals surface area contributed by atoms with Gasteiger partial charge in [-0.2, -0.15) is 13.2 Å². The molecule has 2 aromatic carbocycles. The molecule has 212 valence electrons. The number of alkyl halides is 3. The predicted octanol–water partition coefficient (Wildman–Crippen LogP) is 5.67. The molecule has 3 heterocycles. The summed E-state index contributed by atoms with van der Waals surface area (Å²) in [4.78, 5) is 23.6. The summed E-state index contributed by atoms with van der Waals surface area (Å²) in [6.07, 6.45) is -1.10. The van der Waals surface area contributed by atoms with Gasteiger partial charge in [0.2, 0.25) is 5.91 Å². The first kappa shape index (κ1) is 27.1. The Morgan fingerprint density at radius 3 is 2.37 bits per heavy atom. The molecule has 11 heteroatoms. The largest absolute Gasteiger partial charge is 0.401 e. The zero-order valence-corrected chi connectivity index (χ0v) is 22.2. The van der Waals surface area contributed by atoms with Crippen LogP contribution in [-0.2, 0) is 23.1 Å². The van der Waals surface area contributed by atoms with E-state index in [1.165, 1.54) is 17.7 Å². The Morgan fingerprint density at radius 1 is 1.05 bits per heavy atom. The van der Waals surface area contributed by atoms with Gasteiger partial charge in [-0.15, -0.1) is 0 Å². The Labute approximate surface area is 233 Å². The molecule has 1 N–H and O–H groups in total. The lowest BCUT2D eigenvalue weighted by atomic mass is 9.91. The third kappa shape index (κ3) is 5.58. The van der Waals surface area contributed by atoms with Crippen LogP contribution in [0.4, 0.5) is 23.4 Å². The van der Waals surface area contributed by atoms with Gasteiger partial charge in [-0.25, -0.2) is 14.4 Å². The number of benzene rings is 2. The van der Waals surface area contributed by atoms with Crippen LogP contribution in [0.2, 0.25) is 0 Å². The van der Waals surface area contributed by atoms with Crippen molar-refractivity contribution in [1.82, 2.24) is 20.0 Å². The standard InChI is InChI=1S/C30H27F4N5O2/c1-39-16-23(17-39)19-4-2-18(3-5-19)10-26-35-14-22(15-36-26)20-6-7-21(24(31)11-20)12-28(40)37-27-13-25(41-38-27)29(8-9-29)30(32,33)34/h2-7,11,13-15,23H,8-10,12,16-17H2,1H3,(H,37,38,40). The van der Waals surface area contributed by atoms with Crippen molar-refractivity contribution in [1.29, 1.82) is 0 Å². The maximum Gasteiger partial charge on any atom is 0.401 e. The molecule has 1 aliphatic carbocycles. The summed E-state index contributed by atoms with van der Waals surface area (Å²) in [7, 11) is 2.11. The van der Waals surface area contributed by atoms with E-state index in [0.29, 0.717) is 29.3 Å². The highest BCUT2D eigenvalue weighted by Gasteiger charge is 2.66. The molecule has 2 aromatic heterocycles. The van der Waals surface area contributed by atoms with Gasteiger partial charge in [-0.1, -0.05) is 41.6 Å². The molecule has 0 spiro atoms. The monoisotopic (exact) mass is 565 g/mol. The van der Waals surface area contributed by atoms with E-state index in [-0.39, 0.29) is 36.4 Å². The number of nitrogens with zero attached hydrogens (tertiary/aromatic N) is 4. The van der Waals surface area contributed by atoms with Crippen LogP contribution in [0.3, 0.4) is 0 Å². The molecular formula is C30H27F4N5O2. The van der Waals surface area contributed by atoms with Crippen LogP contribution < -0.4 is 5.32 Å². The fourth-order valence-electron chi connectivity index (χ4n) is 5.18. The highest BCUT2D eigenvalue weighted by molar-refractivity contribution is 5.91. The lowest BCUT2D eigenvalue weighted by molar-refractivity contribution is -0.165. The molecule has 1 saturated carbocycles. The van der Waals surface area contributed by atoms with Gasteiger partial charge in [0.05, 0.1) is 6.42 Å². The average Bonchev–Trinajstić information content (AvgIpc) is 3.63. The van der Waals surface area contributed by atoms with Gasteiger partial charge in [0, 0.05) is 49.5 Å². The molecule has 1 amide bonds. The van der Waals surface area contributed by atoms with E-state index < -0.39 is 23.3 Å². The molecule has 1 saturated heterocycles. The molecule has 7 nitrogen and oxygen atoms in total. The van der Waals surface area contributed by atoms with Gasteiger partial charge < -0.3 is 14.7 Å². The lowest BCUT2D eigenvalue weighted by Crippen LogP contribution is -2.41. The summed E-state index contributed by atoms with van der Waals surface area (Å²) in [5.74, 6) is -0.467. The van der Waals surface area contributed by atoms with Crippen molar-refractivity contribution in [2.75, 3.05) is 25.5 Å². The molecule has 0 bridgehead atoms. The average molecular weight is 566 g/mol. The van der Waals surface area contributed by atoms with Crippen molar-refractivity contribution in [3.05, 3.63) is 95.0 Å². The molecule has 41 heavy (non-hydrogen) atoms. The lowest BCUT2D eigenvalue weighted by Gasteiger charge is -2.36. The Bertz CT molecular complexity index is 1560. The molecule has 0 unspecified atom stereocenters. The SMILES string of the molecule is CN1CC(c2ccc(Cc3ncc(-c4ccc(CC(=O)Nc5cc(C6(C(F)(F)F)CC6)on5)c(F)c4)cn3)cc2)C1. The first-order valence-electron chi connectivity index (χ1n) is 13.3. The Hall–Kier alpha value is -4.12. The van der Waals surface area contributed by atoms with Gasteiger partial charge in [-0.3, -0.25) is 4.79 Å². The van der Waals surface area contributed by atoms with Crippen molar-refractivity contribution in [3.8, 4) is 11.1 Å². The van der Waals surface area contributed by atoms with E-state index in [4.69, 9.17) is 4.52 Å². The molecule has 2 aliphatic rings. The summed E-state index contributed by atoms with van der Waals surface area (Å²) in [6, 6.07) is 14.0. The number of amides is 1. The predicted molar refractivity (Wildman–Crippen MR) is 143 cm³/mol. The van der Waals surface area contributed by atoms with Crippen LogP contribution in [0.15, 0.2) is 65.4 Å². The molecular weight excluding hydrogens is 538 g/mol. The third-order valence-electron chi connectivity index (χ3n) is 7.86. The van der Waals surface area contributed by atoms with E-state index in [9.17, 15) is 22.4 Å². The van der Waals surface area contributed by atoms with Gasteiger partial charge in [0.25, 0.3) is 0 Å². The van der Waals surface area contributed by atoms with E-state index in [1.807, 2.05) is 0 Å². The summed E-state index contributed by atoms with van der Waals surface area (Å²) in [5.41, 5.74) is 1.71. The van der Waals surface area contributed by atoms with Gasteiger partial charge in [-0.05, 0) is 48.2 Å². The summed E-state index contributed by atoms with van der Waals surface area (Å²) in [5, 5.41) is 5.91. The minimum atomic E-state index is -4.46. The number of carbonyl (C=O) groups excluding carboxylic acids is 1. The zero-order chi connectivity index (χ0) is 28.8. The number of anilines is 1. The van der Waals surface area contributed by atoms with Gasteiger partial charge >= 0.3 is 6.18 Å². The van der Waals surface area contributed by atoms with E-state index in [2.05, 4.69) is 56.7 Å². The summed E-state index contributed by atoms with van der Waals surface area (Å²) < 4.78 is 59.5. The highest BCUT2D eigenvalue weighted by atomic mass is 19.4. The van der Waals surface area contributed by atoms with Crippen LogP contribution in [0.25, 0.3) is 11.1 Å². The second-order valence-electron chi connectivity index (χ2n) is 10.9. The topological polar surface area (TPSA) is 84.2 Å². The quantitative estimate of drug-likeness (QED) is 0.278. The molecule has 2 fully saturated rings. The fourth-order valence-corrected chi connectivity index (χ4v) is 5.18. The van der Waals surface area contributed by atoms with E-state index >= 15 is 0 Å². The molecule has 0 radical (unpaired) electrons. The van der Waals surface area contributed by atoms with Crippen LogP contribution in [0.1, 0.15) is 47.0 Å². The maximum absolute atomic E-state index is 14.9. The Balaban J connectivity index is 1.05. The second kappa shape index (κ2) is 10.4. The van der Waals surface area contributed by atoms with Crippen LogP contribution in [-0.4, -0.2) is 52.2 Å². The van der Waals surface area contributed by atoms with E-state index in [0.717, 1.165) is 24.7 Å². The van der Waals surface area contributed by atoms with Crippen molar-refractivity contribution >= 4 is 11.7 Å². The maximum atomic E-state index is 14.9. The zero-order valence-electron chi connectivity index (χ0n) is 22.2. The smallest absolute Gasteiger partial charge is 0.358 e. The van der Waals surface area contributed by atoms with E-state index in [1.54, 1.807) is 18.5 Å². The number of hydrogen-bond acceptors (Lipinski definition) is 6. The minimum absolute atomic E-state index is 0.0864. The molecule has 1 aliphatic heterocycles. The second-order valence-corrected chi connectivity index (χ2v) is 10.9. The number of hydrogen-bond donors (Lipinski definition) is 1. The minimum Gasteiger partial charge on any atom is -0.358 e. The van der Waals surface area contributed by atoms with Crippen LogP contribution in [0.5, 0.6) is 0 Å². The summed E-state index contributed by atoms with van der Waals surface area (Å²) >= 11 is 0. The molecule has 6 rings (SSSR count). The highest BCUT2D eigenvalue weighted by Crippen LogP contribution is 2.59. The van der Waals surface area contributed by atoms with Crippen molar-refractivity contribution in [2.24, 2.45) is 0 Å². The Morgan fingerprint density at radius 2 is 1.76 bits per heavy atom. The molecule has 0 atom stereocenters. The third-order valence-corrected chi connectivity index (χ3v) is 7.86. The Kier molecular flexibility index (Phi) is 6.85. The number of aromatic nitrogens is 3. The molecule has 4 aromatic rings. The van der Waals surface area contributed by atoms with Crippen molar-refractivity contribution < 1.29 is 26.9 Å². The van der Waals surface area contributed by atoms with Crippen molar-refractivity contribution in [2.45, 2.75) is 43.2 Å².